The van der Waals surface area contributed by atoms with Crippen LogP contribution in [-0.4, -0.2) is 32.5 Å². The summed E-state index contributed by atoms with van der Waals surface area (Å²) in [7, 11) is -3.18. The number of halogens is 1. The maximum Gasteiger partial charge on any atom is 0.227 e. The largest absolute Gasteiger partial charge is 0.312 e. The third-order valence-corrected chi connectivity index (χ3v) is 5.04. The van der Waals surface area contributed by atoms with Crippen molar-refractivity contribution in [1.29, 1.82) is 0 Å². The van der Waals surface area contributed by atoms with Crippen LogP contribution in [0.2, 0.25) is 0 Å². The highest BCUT2D eigenvalue weighted by atomic mass is 79.9. The van der Waals surface area contributed by atoms with Crippen LogP contribution in [0.15, 0.2) is 29.2 Å². The molecule has 2 rings (SSSR count). The molecule has 0 N–H and O–H groups in total. The summed E-state index contributed by atoms with van der Waals surface area (Å²) >= 11 is 3.38. The summed E-state index contributed by atoms with van der Waals surface area (Å²) in [6, 6.07) is 6.45. The van der Waals surface area contributed by atoms with E-state index in [4.69, 9.17) is 0 Å². The molecule has 1 aromatic rings. The van der Waals surface area contributed by atoms with Gasteiger partial charge in [-0.1, -0.05) is 15.9 Å². The lowest BCUT2D eigenvalue weighted by Crippen LogP contribution is -2.24. The van der Waals surface area contributed by atoms with Crippen LogP contribution < -0.4 is 4.90 Å². The molecule has 0 spiro atoms. The van der Waals surface area contributed by atoms with E-state index >= 15 is 0 Å². The van der Waals surface area contributed by atoms with Crippen molar-refractivity contribution >= 4 is 37.4 Å². The number of sulfone groups is 1. The summed E-state index contributed by atoms with van der Waals surface area (Å²) in [5, 5.41) is 0.802. The van der Waals surface area contributed by atoms with Gasteiger partial charge in [-0.2, -0.15) is 0 Å². The van der Waals surface area contributed by atoms with Crippen LogP contribution in [0, 0.1) is 5.92 Å². The third-order valence-electron chi connectivity index (χ3n) is 3.00. The predicted molar refractivity (Wildman–Crippen MR) is 73.8 cm³/mol. The number of rotatable bonds is 3. The number of hydrogen-bond acceptors (Lipinski definition) is 3. The van der Waals surface area contributed by atoms with Crippen molar-refractivity contribution in [3.63, 3.8) is 0 Å². The number of alkyl halides is 1. The summed E-state index contributed by atoms with van der Waals surface area (Å²) in [4.78, 5) is 13.8. The maximum absolute atomic E-state index is 11.8. The van der Waals surface area contributed by atoms with E-state index < -0.39 is 9.84 Å². The summed E-state index contributed by atoms with van der Waals surface area (Å²) in [6.45, 7) is 0.683. The van der Waals surface area contributed by atoms with Crippen LogP contribution in [0.5, 0.6) is 0 Å². The van der Waals surface area contributed by atoms with E-state index in [2.05, 4.69) is 15.9 Å². The van der Waals surface area contributed by atoms with Gasteiger partial charge in [0.05, 0.1) is 4.90 Å². The number of nitrogens with zero attached hydrogens (tertiary/aromatic N) is 1. The van der Waals surface area contributed by atoms with Crippen LogP contribution in [0.1, 0.15) is 6.42 Å². The molecule has 0 radical (unpaired) electrons. The van der Waals surface area contributed by atoms with Crippen molar-refractivity contribution in [2.45, 2.75) is 11.3 Å². The Morgan fingerprint density at radius 3 is 2.39 bits per heavy atom. The molecule has 0 bridgehead atoms. The SMILES string of the molecule is CS(=O)(=O)c1ccc(N2CC(CBr)CC2=O)cc1. The highest BCUT2D eigenvalue weighted by Gasteiger charge is 2.29. The summed E-state index contributed by atoms with van der Waals surface area (Å²) in [6.07, 6.45) is 1.71. The molecule has 1 aliphatic heterocycles. The molecular formula is C12H14BrNO3S. The molecule has 0 aliphatic carbocycles. The number of carbonyl (C=O) groups excluding carboxylic acids is 1. The minimum atomic E-state index is -3.18. The van der Waals surface area contributed by atoms with Crippen molar-refractivity contribution in [2.75, 3.05) is 23.0 Å². The molecule has 6 heteroatoms. The quantitative estimate of drug-likeness (QED) is 0.794. The Balaban J connectivity index is 2.23. The molecule has 1 amide bonds. The summed E-state index contributed by atoms with van der Waals surface area (Å²) in [5.41, 5.74) is 0.760. The smallest absolute Gasteiger partial charge is 0.227 e. The number of anilines is 1. The van der Waals surface area contributed by atoms with Crippen molar-refractivity contribution in [3.8, 4) is 0 Å². The van der Waals surface area contributed by atoms with Crippen molar-refractivity contribution in [2.24, 2.45) is 5.92 Å². The highest BCUT2D eigenvalue weighted by molar-refractivity contribution is 9.09. The van der Waals surface area contributed by atoms with Gasteiger partial charge in [0.2, 0.25) is 5.91 Å². The van der Waals surface area contributed by atoms with Gasteiger partial charge in [0, 0.05) is 30.2 Å². The lowest BCUT2D eigenvalue weighted by Gasteiger charge is -2.16. The van der Waals surface area contributed by atoms with Gasteiger partial charge in [-0.3, -0.25) is 4.79 Å². The molecule has 1 unspecified atom stereocenters. The molecule has 1 heterocycles. The average Bonchev–Trinajstić information content (AvgIpc) is 2.70. The summed E-state index contributed by atoms with van der Waals surface area (Å²) in [5.74, 6) is 0.415. The summed E-state index contributed by atoms with van der Waals surface area (Å²) < 4.78 is 22.7. The highest BCUT2D eigenvalue weighted by Crippen LogP contribution is 2.26. The van der Waals surface area contributed by atoms with Crippen LogP contribution in [0.4, 0.5) is 5.69 Å². The minimum absolute atomic E-state index is 0.0894. The first-order valence-corrected chi connectivity index (χ1v) is 8.59. The van der Waals surface area contributed by atoms with E-state index in [-0.39, 0.29) is 10.8 Å². The Hall–Kier alpha value is -0.880. The first-order valence-electron chi connectivity index (χ1n) is 5.58. The fourth-order valence-corrected chi connectivity index (χ4v) is 3.07. The van der Waals surface area contributed by atoms with Gasteiger partial charge < -0.3 is 4.90 Å². The topological polar surface area (TPSA) is 54.5 Å². The second-order valence-corrected chi connectivity index (χ2v) is 7.16. The molecule has 4 nitrogen and oxygen atoms in total. The van der Waals surface area contributed by atoms with E-state index in [1.54, 1.807) is 29.2 Å². The van der Waals surface area contributed by atoms with Crippen LogP contribution in [0.25, 0.3) is 0 Å². The fourth-order valence-electron chi connectivity index (χ4n) is 2.01. The normalized spacial score (nSPS) is 20.4. The Morgan fingerprint density at radius 1 is 1.33 bits per heavy atom. The molecule has 1 aromatic carbocycles. The average molecular weight is 332 g/mol. The minimum Gasteiger partial charge on any atom is -0.312 e. The van der Waals surface area contributed by atoms with Gasteiger partial charge in [0.1, 0.15) is 0 Å². The third kappa shape index (κ3) is 2.75. The zero-order chi connectivity index (χ0) is 13.3. The Bertz CT molecular complexity index is 553. The number of carbonyl (C=O) groups is 1. The first-order chi connectivity index (χ1) is 8.41. The Kier molecular flexibility index (Phi) is 3.77. The van der Waals surface area contributed by atoms with E-state index in [0.717, 1.165) is 11.0 Å². The molecule has 98 valence electrons. The van der Waals surface area contributed by atoms with Gasteiger partial charge in [0.15, 0.2) is 9.84 Å². The maximum atomic E-state index is 11.8. The lowest BCUT2D eigenvalue weighted by atomic mass is 10.2. The molecular weight excluding hydrogens is 318 g/mol. The molecule has 18 heavy (non-hydrogen) atoms. The molecule has 0 aromatic heterocycles. The predicted octanol–water partition coefficient (Wildman–Crippen LogP) is 1.84. The van der Waals surface area contributed by atoms with E-state index in [1.807, 2.05) is 0 Å². The van der Waals surface area contributed by atoms with Crippen LogP contribution in [0.3, 0.4) is 0 Å². The Morgan fingerprint density at radius 2 is 1.94 bits per heavy atom. The zero-order valence-corrected chi connectivity index (χ0v) is 12.4. The van der Waals surface area contributed by atoms with Gasteiger partial charge in [-0.25, -0.2) is 8.42 Å². The van der Waals surface area contributed by atoms with Gasteiger partial charge in [-0.15, -0.1) is 0 Å². The van der Waals surface area contributed by atoms with Crippen LogP contribution in [-0.2, 0) is 14.6 Å². The van der Waals surface area contributed by atoms with Gasteiger partial charge >= 0.3 is 0 Å². The van der Waals surface area contributed by atoms with Gasteiger partial charge in [-0.05, 0) is 30.2 Å². The second kappa shape index (κ2) is 5.01. The molecule has 1 aliphatic rings. The van der Waals surface area contributed by atoms with Crippen molar-refractivity contribution in [1.82, 2.24) is 0 Å². The molecule has 0 saturated carbocycles. The van der Waals surface area contributed by atoms with Crippen LogP contribution >= 0.6 is 15.9 Å². The standard InChI is InChI=1S/C12H14BrNO3S/c1-18(16,17)11-4-2-10(3-5-11)14-8-9(7-13)6-12(14)15/h2-5,9H,6-8H2,1H3. The lowest BCUT2D eigenvalue weighted by molar-refractivity contribution is -0.117. The fraction of sp³-hybridized carbons (Fsp3) is 0.417. The molecule has 1 saturated heterocycles. The molecule has 1 atom stereocenters. The first kappa shape index (κ1) is 13.5. The Labute approximate surface area is 115 Å². The second-order valence-electron chi connectivity index (χ2n) is 4.49. The van der Waals surface area contributed by atoms with Gasteiger partial charge in [0.25, 0.3) is 0 Å². The monoisotopic (exact) mass is 331 g/mol. The number of hydrogen-bond donors (Lipinski definition) is 0. The number of benzene rings is 1. The van der Waals surface area contributed by atoms with Crippen molar-refractivity contribution in [3.05, 3.63) is 24.3 Å². The van der Waals surface area contributed by atoms with Crippen molar-refractivity contribution < 1.29 is 13.2 Å². The molecule has 1 fully saturated rings. The van der Waals surface area contributed by atoms with E-state index in [1.165, 1.54) is 6.26 Å². The zero-order valence-electron chi connectivity index (χ0n) is 9.97. The van der Waals surface area contributed by atoms with E-state index in [0.29, 0.717) is 18.9 Å². The number of amides is 1. The van der Waals surface area contributed by atoms with E-state index in [9.17, 15) is 13.2 Å².